The van der Waals surface area contributed by atoms with Gasteiger partial charge in [0.1, 0.15) is 25.8 Å². The van der Waals surface area contributed by atoms with Gasteiger partial charge in [0.2, 0.25) is 5.91 Å². The van der Waals surface area contributed by atoms with Crippen molar-refractivity contribution in [2.45, 2.75) is 31.4 Å². The Balaban J connectivity index is 1.14. The molecular weight excluding hydrogens is 456 g/mol. The Morgan fingerprint density at radius 1 is 0.833 bits per heavy atom. The van der Waals surface area contributed by atoms with Gasteiger partial charge in [0.05, 0.1) is 0 Å². The maximum absolute atomic E-state index is 13.0. The highest BCUT2D eigenvalue weighted by molar-refractivity contribution is 5.88. The molecule has 0 aromatic heterocycles. The second-order valence-electron chi connectivity index (χ2n) is 9.02. The van der Waals surface area contributed by atoms with Gasteiger partial charge in [-0.25, -0.2) is 4.79 Å². The van der Waals surface area contributed by atoms with Crippen LogP contribution in [-0.2, 0) is 25.7 Å². The summed E-state index contributed by atoms with van der Waals surface area (Å²) in [5.41, 5.74) is 5.46. The normalized spacial score (nSPS) is 16.2. The molecule has 36 heavy (non-hydrogen) atoms. The lowest BCUT2D eigenvalue weighted by Gasteiger charge is -2.24. The van der Waals surface area contributed by atoms with Gasteiger partial charge in [0, 0.05) is 12.5 Å². The minimum absolute atomic E-state index is 0.0457. The number of rotatable bonds is 7. The molecule has 5 rings (SSSR count). The molecule has 0 spiro atoms. The van der Waals surface area contributed by atoms with E-state index in [0.717, 1.165) is 27.8 Å². The van der Waals surface area contributed by atoms with Crippen LogP contribution in [0.25, 0.3) is 11.1 Å². The first-order valence-electron chi connectivity index (χ1n) is 12.2. The number of benzene rings is 3. The highest BCUT2D eigenvalue weighted by Gasteiger charge is 2.36. The van der Waals surface area contributed by atoms with Gasteiger partial charge in [-0.3, -0.25) is 14.5 Å². The predicted molar refractivity (Wildman–Crippen MR) is 134 cm³/mol. The van der Waals surface area contributed by atoms with Crippen molar-refractivity contribution in [2.24, 2.45) is 0 Å². The van der Waals surface area contributed by atoms with Crippen LogP contribution in [0.2, 0.25) is 0 Å². The molecule has 1 heterocycles. The van der Waals surface area contributed by atoms with E-state index in [1.165, 1.54) is 4.90 Å². The molecule has 1 aliphatic carbocycles. The van der Waals surface area contributed by atoms with Crippen molar-refractivity contribution in [2.75, 3.05) is 19.7 Å². The number of esters is 1. The molecule has 1 N–H and O–H groups in total. The molecule has 2 aliphatic rings. The Morgan fingerprint density at radius 3 is 2.17 bits per heavy atom. The number of fused-ring (bicyclic) bond motifs is 3. The number of likely N-dealkylation sites (tertiary alicyclic amines) is 1. The maximum Gasteiger partial charge on any atom is 0.410 e. The lowest BCUT2D eigenvalue weighted by molar-refractivity contribution is -0.145. The van der Waals surface area contributed by atoms with Crippen molar-refractivity contribution < 1.29 is 23.9 Å². The van der Waals surface area contributed by atoms with Gasteiger partial charge in [0.15, 0.2) is 0 Å². The number of ether oxygens (including phenoxy) is 2. The Bertz CT molecular complexity index is 1210. The number of hydrogen-bond donors (Lipinski definition) is 1. The molecule has 0 unspecified atom stereocenters. The number of amides is 2. The number of nitrogens with zero attached hydrogens (tertiary/aromatic N) is 1. The third-order valence-corrected chi connectivity index (χ3v) is 6.78. The minimum atomic E-state index is -0.664. The zero-order chi connectivity index (χ0) is 24.9. The fraction of sp³-hybridized carbons (Fsp3) is 0.276. The van der Waals surface area contributed by atoms with Gasteiger partial charge in [0.25, 0.3) is 0 Å². The van der Waals surface area contributed by atoms with Gasteiger partial charge < -0.3 is 14.8 Å². The summed E-state index contributed by atoms with van der Waals surface area (Å²) < 4.78 is 10.9. The molecule has 3 aromatic rings. The molecule has 1 aliphatic heterocycles. The fourth-order valence-electron chi connectivity index (χ4n) is 5.00. The Morgan fingerprint density at radius 2 is 1.47 bits per heavy atom. The van der Waals surface area contributed by atoms with E-state index in [0.29, 0.717) is 19.4 Å². The second-order valence-corrected chi connectivity index (χ2v) is 9.02. The lowest BCUT2D eigenvalue weighted by atomic mass is 9.98. The molecule has 0 saturated carbocycles. The van der Waals surface area contributed by atoms with Crippen LogP contribution in [0.5, 0.6) is 0 Å². The molecule has 184 valence electrons. The molecule has 0 radical (unpaired) electrons. The van der Waals surface area contributed by atoms with Crippen LogP contribution >= 0.6 is 0 Å². The summed E-state index contributed by atoms with van der Waals surface area (Å²) in [5, 5.41) is 2.61. The van der Waals surface area contributed by atoms with E-state index in [-0.39, 0.29) is 31.6 Å². The molecule has 7 heteroatoms. The highest BCUT2D eigenvalue weighted by Crippen LogP contribution is 2.44. The molecular formula is C29H28N2O5. The number of hydrogen-bond acceptors (Lipinski definition) is 5. The van der Waals surface area contributed by atoms with E-state index in [2.05, 4.69) is 29.6 Å². The molecule has 3 aromatic carbocycles. The lowest BCUT2D eigenvalue weighted by Crippen LogP contribution is -2.47. The maximum atomic E-state index is 13.0. The number of carbonyl (C=O) groups is 3. The Kier molecular flexibility index (Phi) is 6.98. The van der Waals surface area contributed by atoms with Gasteiger partial charge in [-0.2, -0.15) is 0 Å². The van der Waals surface area contributed by atoms with E-state index < -0.39 is 18.1 Å². The van der Waals surface area contributed by atoms with Crippen molar-refractivity contribution in [3.63, 3.8) is 0 Å². The smallest absolute Gasteiger partial charge is 0.410 e. The zero-order valence-corrected chi connectivity index (χ0v) is 19.9. The third-order valence-electron chi connectivity index (χ3n) is 6.78. The van der Waals surface area contributed by atoms with E-state index in [4.69, 9.17) is 9.47 Å². The van der Waals surface area contributed by atoms with Crippen LogP contribution in [0.3, 0.4) is 0 Å². The van der Waals surface area contributed by atoms with Crippen LogP contribution in [0.15, 0.2) is 78.9 Å². The van der Waals surface area contributed by atoms with Crippen molar-refractivity contribution in [3.05, 3.63) is 95.6 Å². The average Bonchev–Trinajstić information content (AvgIpc) is 3.53. The summed E-state index contributed by atoms with van der Waals surface area (Å²) in [6.07, 6.45) is 0.705. The molecule has 0 bridgehead atoms. The second kappa shape index (κ2) is 10.6. The van der Waals surface area contributed by atoms with Crippen molar-refractivity contribution in [1.29, 1.82) is 0 Å². The zero-order valence-electron chi connectivity index (χ0n) is 19.9. The quantitative estimate of drug-likeness (QED) is 0.507. The van der Waals surface area contributed by atoms with E-state index in [9.17, 15) is 14.4 Å². The molecule has 7 nitrogen and oxygen atoms in total. The summed E-state index contributed by atoms with van der Waals surface area (Å²) >= 11 is 0. The van der Waals surface area contributed by atoms with Gasteiger partial charge in [-0.05, 0) is 40.7 Å². The van der Waals surface area contributed by atoms with Gasteiger partial charge >= 0.3 is 12.1 Å². The molecule has 1 fully saturated rings. The van der Waals surface area contributed by atoms with E-state index in [1.807, 2.05) is 54.6 Å². The Labute approximate surface area is 210 Å². The van der Waals surface area contributed by atoms with Crippen LogP contribution < -0.4 is 5.32 Å². The summed E-state index contributed by atoms with van der Waals surface area (Å²) in [7, 11) is 0. The highest BCUT2D eigenvalue weighted by atomic mass is 16.6. The fourth-order valence-corrected chi connectivity index (χ4v) is 5.00. The van der Waals surface area contributed by atoms with Crippen LogP contribution in [0.1, 0.15) is 35.4 Å². The largest absolute Gasteiger partial charge is 0.460 e. The van der Waals surface area contributed by atoms with Crippen molar-refractivity contribution in [3.8, 4) is 11.1 Å². The summed E-state index contributed by atoms with van der Waals surface area (Å²) in [6.45, 7) is 0.530. The summed E-state index contributed by atoms with van der Waals surface area (Å²) in [4.78, 5) is 39.2. The predicted octanol–water partition coefficient (Wildman–Crippen LogP) is 4.26. The van der Waals surface area contributed by atoms with Crippen molar-refractivity contribution in [1.82, 2.24) is 10.2 Å². The topological polar surface area (TPSA) is 84.9 Å². The van der Waals surface area contributed by atoms with Gasteiger partial charge in [-0.1, -0.05) is 78.9 Å². The third kappa shape index (κ3) is 4.96. The number of carbonyl (C=O) groups excluding carboxylic acids is 3. The SMILES string of the molecule is O=C(CNC(=O)[C@@H]1CCCN1C(=O)OCC1c2ccccc2-c2ccccc21)OCc1ccccc1. The standard InChI is InChI=1S/C29H28N2O5/c32-27(35-18-20-9-2-1-3-10-20)17-30-28(33)26-15-8-16-31(26)29(34)36-19-25-23-13-6-4-11-21(23)22-12-5-7-14-24(22)25/h1-7,9-14,25-26H,8,15-19H2,(H,30,33)/t26-/m0/s1. The molecule has 1 saturated heterocycles. The van der Waals surface area contributed by atoms with Gasteiger partial charge in [-0.15, -0.1) is 0 Å². The summed E-state index contributed by atoms with van der Waals surface area (Å²) in [5.74, 6) is -0.953. The van der Waals surface area contributed by atoms with E-state index >= 15 is 0 Å². The van der Waals surface area contributed by atoms with Crippen molar-refractivity contribution >= 4 is 18.0 Å². The number of nitrogens with one attached hydrogen (secondary N) is 1. The first-order valence-corrected chi connectivity index (χ1v) is 12.2. The van der Waals surface area contributed by atoms with Crippen LogP contribution in [-0.4, -0.2) is 48.6 Å². The van der Waals surface area contributed by atoms with E-state index in [1.54, 1.807) is 0 Å². The first kappa shape index (κ1) is 23.6. The molecule has 1 atom stereocenters. The summed E-state index contributed by atoms with van der Waals surface area (Å²) in [6, 6.07) is 25.0. The average molecular weight is 485 g/mol. The first-order chi connectivity index (χ1) is 17.6. The van der Waals surface area contributed by atoms with Crippen LogP contribution in [0, 0.1) is 0 Å². The Hall–Kier alpha value is -4.13. The molecule has 2 amide bonds. The minimum Gasteiger partial charge on any atom is -0.460 e. The monoisotopic (exact) mass is 484 g/mol. The van der Waals surface area contributed by atoms with Crippen LogP contribution in [0.4, 0.5) is 4.79 Å².